The number of carbonyl (C=O) groups is 2. The fraction of sp³-hybridized carbons (Fsp3) is 0.167. The molecule has 6 nitrogen and oxygen atoms in total. The minimum atomic E-state index is -0.659. The van der Waals surface area contributed by atoms with Crippen molar-refractivity contribution in [3.8, 4) is 5.75 Å². The number of rotatable bonds is 3. The quantitative estimate of drug-likeness (QED) is 0.801. The van der Waals surface area contributed by atoms with Crippen LogP contribution in [-0.4, -0.2) is 30.8 Å². The summed E-state index contributed by atoms with van der Waals surface area (Å²) >= 11 is 3.43. The first kappa shape index (κ1) is 15.8. The maximum absolute atomic E-state index is 13.0. The van der Waals surface area contributed by atoms with Crippen molar-refractivity contribution in [1.29, 1.82) is 0 Å². The zero-order chi connectivity index (χ0) is 17.6. The number of carbonyl (C=O) groups excluding carboxylic acids is 2. The van der Waals surface area contributed by atoms with Gasteiger partial charge in [-0.15, -0.1) is 0 Å². The van der Waals surface area contributed by atoms with E-state index in [1.807, 2.05) is 31.2 Å². The highest BCUT2D eigenvalue weighted by atomic mass is 79.9. The molecule has 2 aliphatic rings. The minimum Gasteiger partial charge on any atom is -0.493 e. The number of benzene rings is 2. The van der Waals surface area contributed by atoms with E-state index in [4.69, 9.17) is 4.74 Å². The van der Waals surface area contributed by atoms with Gasteiger partial charge in [-0.1, -0.05) is 12.1 Å². The normalized spacial score (nSPS) is 18.4. The minimum absolute atomic E-state index is 0.289. The molecular formula is C18H15BrN3O3+. The molecule has 0 saturated carbocycles. The first-order valence-corrected chi connectivity index (χ1v) is 8.69. The SMILES string of the molecule is CCOc1ccc(N2C(=O)C3C=[NH+]c4ccccc4N3C2=O)cc1Br. The van der Waals surface area contributed by atoms with Crippen molar-refractivity contribution in [3.63, 3.8) is 0 Å². The van der Waals surface area contributed by atoms with Crippen LogP contribution in [0.25, 0.3) is 0 Å². The second-order valence-corrected chi connectivity index (χ2v) is 6.50. The van der Waals surface area contributed by atoms with Crippen molar-refractivity contribution < 1.29 is 19.3 Å². The Kier molecular flexibility index (Phi) is 3.80. The van der Waals surface area contributed by atoms with Gasteiger partial charge in [-0.05, 0) is 47.1 Å². The lowest BCUT2D eigenvalue weighted by Gasteiger charge is -2.20. The van der Waals surface area contributed by atoms with Crippen LogP contribution in [0, 0.1) is 0 Å². The van der Waals surface area contributed by atoms with Crippen molar-refractivity contribution in [3.05, 3.63) is 46.9 Å². The Morgan fingerprint density at radius 3 is 2.76 bits per heavy atom. The van der Waals surface area contributed by atoms with Gasteiger partial charge in [-0.3, -0.25) is 9.69 Å². The first-order chi connectivity index (χ1) is 12.1. The van der Waals surface area contributed by atoms with Gasteiger partial charge in [0.05, 0.1) is 16.8 Å². The van der Waals surface area contributed by atoms with Crippen molar-refractivity contribution in [2.45, 2.75) is 13.0 Å². The molecule has 2 heterocycles. The molecule has 0 aliphatic carbocycles. The van der Waals surface area contributed by atoms with Crippen LogP contribution in [0.1, 0.15) is 6.92 Å². The Morgan fingerprint density at radius 2 is 2.00 bits per heavy atom. The summed E-state index contributed by atoms with van der Waals surface area (Å²) in [7, 11) is 0. The lowest BCUT2D eigenvalue weighted by atomic mass is 10.1. The molecule has 1 atom stereocenters. The molecule has 2 aromatic carbocycles. The van der Waals surface area contributed by atoms with Crippen molar-refractivity contribution >= 4 is 51.1 Å². The summed E-state index contributed by atoms with van der Waals surface area (Å²) in [5.41, 5.74) is 2.00. The number of para-hydroxylation sites is 2. The average Bonchev–Trinajstić information content (AvgIpc) is 2.88. The van der Waals surface area contributed by atoms with E-state index < -0.39 is 6.04 Å². The van der Waals surface area contributed by atoms with Crippen LogP contribution in [-0.2, 0) is 4.79 Å². The van der Waals surface area contributed by atoms with E-state index in [1.165, 1.54) is 9.80 Å². The van der Waals surface area contributed by atoms with Crippen LogP contribution >= 0.6 is 15.9 Å². The zero-order valence-corrected chi connectivity index (χ0v) is 15.0. The highest BCUT2D eigenvalue weighted by molar-refractivity contribution is 9.10. The number of fused-ring (bicyclic) bond motifs is 3. The van der Waals surface area contributed by atoms with E-state index in [1.54, 1.807) is 24.4 Å². The summed E-state index contributed by atoms with van der Waals surface area (Å²) in [6, 6.07) is 11.6. The van der Waals surface area contributed by atoms with E-state index >= 15 is 0 Å². The monoisotopic (exact) mass is 400 g/mol. The number of hydrogen-bond donors (Lipinski definition) is 1. The molecule has 0 radical (unpaired) electrons. The van der Waals surface area contributed by atoms with Crippen LogP contribution in [0.4, 0.5) is 21.9 Å². The van der Waals surface area contributed by atoms with Gasteiger partial charge in [0.15, 0.2) is 12.3 Å². The summed E-state index contributed by atoms with van der Waals surface area (Å²) < 4.78 is 6.18. The number of urea groups is 1. The van der Waals surface area contributed by atoms with Crippen molar-refractivity contribution in [1.82, 2.24) is 0 Å². The summed E-state index contributed by atoms with van der Waals surface area (Å²) in [4.78, 5) is 31.6. The van der Waals surface area contributed by atoms with E-state index in [0.717, 1.165) is 5.69 Å². The van der Waals surface area contributed by atoms with Crippen LogP contribution < -0.4 is 19.5 Å². The van der Waals surface area contributed by atoms with Gasteiger partial charge < -0.3 is 4.74 Å². The third-order valence-electron chi connectivity index (χ3n) is 4.18. The van der Waals surface area contributed by atoms with Crippen LogP contribution in [0.2, 0.25) is 0 Å². The van der Waals surface area contributed by atoms with E-state index in [-0.39, 0.29) is 11.9 Å². The molecule has 0 bridgehead atoms. The van der Waals surface area contributed by atoms with E-state index in [9.17, 15) is 9.59 Å². The second-order valence-electron chi connectivity index (χ2n) is 5.65. The Hall–Kier alpha value is -2.67. The van der Waals surface area contributed by atoms with E-state index in [2.05, 4.69) is 20.9 Å². The van der Waals surface area contributed by atoms with Crippen molar-refractivity contribution in [2.75, 3.05) is 16.4 Å². The number of nitrogens with one attached hydrogen (secondary N) is 1. The predicted octanol–water partition coefficient (Wildman–Crippen LogP) is 1.99. The Bertz CT molecular complexity index is 912. The molecule has 1 fully saturated rings. The molecule has 1 saturated heterocycles. The van der Waals surface area contributed by atoms with Gasteiger partial charge in [-0.2, -0.15) is 0 Å². The third kappa shape index (κ3) is 2.42. The molecule has 126 valence electrons. The standard InChI is InChI=1S/C18H14BrN3O3/c1-2-25-16-8-7-11(9-12(16)19)21-17(23)15-10-20-13-5-3-4-6-14(13)22(15)18(21)24/h3-10,15H,2H2,1H3/p+1. The van der Waals surface area contributed by atoms with Crippen LogP contribution in [0.15, 0.2) is 46.9 Å². The molecule has 1 N–H and O–H groups in total. The number of nitrogens with zero attached hydrogens (tertiary/aromatic N) is 2. The molecule has 2 aromatic rings. The summed E-state index contributed by atoms with van der Waals surface area (Å²) in [5, 5.41) is 0. The highest BCUT2D eigenvalue weighted by Gasteiger charge is 2.50. The second kappa shape index (κ2) is 6.00. The van der Waals surface area contributed by atoms with Gasteiger partial charge in [-0.25, -0.2) is 14.7 Å². The predicted molar refractivity (Wildman–Crippen MR) is 97.6 cm³/mol. The number of amides is 3. The van der Waals surface area contributed by atoms with Crippen molar-refractivity contribution in [2.24, 2.45) is 0 Å². The van der Waals surface area contributed by atoms with Crippen LogP contribution in [0.5, 0.6) is 5.75 Å². The lowest BCUT2D eigenvalue weighted by Crippen LogP contribution is -2.69. The first-order valence-electron chi connectivity index (χ1n) is 7.90. The Balaban J connectivity index is 1.74. The Labute approximate surface area is 152 Å². The van der Waals surface area contributed by atoms with Gasteiger partial charge in [0.25, 0.3) is 5.91 Å². The smallest absolute Gasteiger partial charge is 0.337 e. The largest absolute Gasteiger partial charge is 0.493 e. The summed E-state index contributed by atoms with van der Waals surface area (Å²) in [5.74, 6) is 0.379. The maximum Gasteiger partial charge on any atom is 0.337 e. The lowest BCUT2D eigenvalue weighted by molar-refractivity contribution is -0.350. The molecular weight excluding hydrogens is 386 g/mol. The summed E-state index contributed by atoms with van der Waals surface area (Å²) in [6.45, 7) is 2.43. The molecule has 25 heavy (non-hydrogen) atoms. The number of anilines is 2. The third-order valence-corrected chi connectivity index (χ3v) is 4.80. The fourth-order valence-electron chi connectivity index (χ4n) is 3.08. The van der Waals surface area contributed by atoms with Crippen LogP contribution in [0.3, 0.4) is 0 Å². The van der Waals surface area contributed by atoms with Gasteiger partial charge in [0.2, 0.25) is 5.69 Å². The highest BCUT2D eigenvalue weighted by Crippen LogP contribution is 2.36. The van der Waals surface area contributed by atoms with Gasteiger partial charge >= 0.3 is 6.03 Å². The van der Waals surface area contributed by atoms with Gasteiger partial charge in [0, 0.05) is 6.07 Å². The molecule has 2 aliphatic heterocycles. The molecule has 0 spiro atoms. The fourth-order valence-corrected chi connectivity index (χ4v) is 3.56. The molecule has 7 heteroatoms. The summed E-state index contributed by atoms with van der Waals surface area (Å²) in [6.07, 6.45) is 1.65. The topological polar surface area (TPSA) is 63.8 Å². The molecule has 3 amide bonds. The number of hydrogen-bond acceptors (Lipinski definition) is 3. The number of ether oxygens (including phenoxy) is 1. The van der Waals surface area contributed by atoms with E-state index in [0.29, 0.717) is 28.2 Å². The van der Waals surface area contributed by atoms with Gasteiger partial charge in [0.1, 0.15) is 11.4 Å². The zero-order valence-electron chi connectivity index (χ0n) is 13.4. The number of halogens is 1. The molecule has 1 unspecified atom stereocenters. The maximum atomic E-state index is 13.0. The molecule has 4 rings (SSSR count). The molecule has 0 aromatic heterocycles. The average molecular weight is 401 g/mol. The number of imide groups is 1. The Morgan fingerprint density at radius 1 is 1.20 bits per heavy atom.